The normalized spacial score (nSPS) is 12.7. The zero-order chi connectivity index (χ0) is 21.0. The van der Waals surface area contributed by atoms with Gasteiger partial charge in [-0.2, -0.15) is 13.2 Å². The van der Waals surface area contributed by atoms with Crippen LogP contribution < -0.4 is 5.32 Å². The van der Waals surface area contributed by atoms with Gasteiger partial charge in [-0.1, -0.05) is 0 Å². The number of benzene rings is 2. The second kappa shape index (κ2) is 6.31. The van der Waals surface area contributed by atoms with Gasteiger partial charge in [0.15, 0.2) is 0 Å². The van der Waals surface area contributed by atoms with Crippen LogP contribution in [0.15, 0.2) is 54.9 Å². The topological polar surface area (TPSA) is 67.8 Å². The van der Waals surface area contributed by atoms with Crippen LogP contribution >= 0.6 is 0 Å². The van der Waals surface area contributed by atoms with Crippen LogP contribution in [0.2, 0.25) is 0 Å². The van der Waals surface area contributed by atoms with E-state index in [2.05, 4.69) is 20.3 Å². The maximum atomic E-state index is 13.1. The Kier molecular flexibility index (Phi) is 3.82. The molecule has 0 saturated carbocycles. The Morgan fingerprint density at radius 3 is 2.30 bits per heavy atom. The second-order valence-electron chi connectivity index (χ2n) is 6.69. The lowest BCUT2D eigenvalue weighted by Crippen LogP contribution is -2.13. The predicted molar refractivity (Wildman–Crippen MR) is 101 cm³/mol. The van der Waals surface area contributed by atoms with Crippen LogP contribution in [0, 0.1) is 5.82 Å². The number of rotatable bonds is 2. The molecule has 2 aromatic carbocycles. The number of nitrogens with one attached hydrogen (secondary N) is 1. The van der Waals surface area contributed by atoms with Gasteiger partial charge in [0.2, 0.25) is 11.6 Å². The quantitative estimate of drug-likeness (QED) is 0.408. The molecule has 0 unspecified atom stereocenters. The fraction of sp³-hybridized carbons (Fsp3) is 0.0476. The summed E-state index contributed by atoms with van der Waals surface area (Å²) in [5.74, 6) is -2.35. The fourth-order valence-electron chi connectivity index (χ4n) is 3.43. The third-order valence-electron chi connectivity index (χ3n) is 4.77. The highest BCUT2D eigenvalue weighted by Crippen LogP contribution is 2.41. The predicted octanol–water partition coefficient (Wildman–Crippen LogP) is 5.14. The van der Waals surface area contributed by atoms with E-state index in [0.717, 1.165) is 6.20 Å². The second-order valence-corrected chi connectivity index (χ2v) is 6.69. The van der Waals surface area contributed by atoms with Gasteiger partial charge in [-0.05, 0) is 42.5 Å². The van der Waals surface area contributed by atoms with Crippen molar-refractivity contribution in [3.63, 3.8) is 0 Å². The Morgan fingerprint density at radius 2 is 1.57 bits per heavy atom. The van der Waals surface area contributed by atoms with Crippen molar-refractivity contribution in [3.05, 3.63) is 77.8 Å². The van der Waals surface area contributed by atoms with Gasteiger partial charge < -0.3 is 5.32 Å². The number of fused-ring (bicyclic) bond motifs is 5. The average Bonchev–Trinajstić information content (AvgIpc) is 3.01. The van der Waals surface area contributed by atoms with Gasteiger partial charge in [-0.25, -0.2) is 14.4 Å². The van der Waals surface area contributed by atoms with E-state index in [-0.39, 0.29) is 22.6 Å². The number of anilines is 2. The highest BCUT2D eigenvalue weighted by atomic mass is 19.4. The van der Waals surface area contributed by atoms with Gasteiger partial charge in [0.05, 0.1) is 11.1 Å². The number of nitrogens with zero attached hydrogens (tertiary/aromatic N) is 3. The summed E-state index contributed by atoms with van der Waals surface area (Å²) in [5.41, 5.74) is 2.39. The van der Waals surface area contributed by atoms with Crippen molar-refractivity contribution in [2.75, 3.05) is 5.32 Å². The average molecular weight is 410 g/mol. The van der Waals surface area contributed by atoms with Crippen LogP contribution in [-0.2, 0) is 6.18 Å². The highest BCUT2D eigenvalue weighted by molar-refractivity contribution is 6.24. The summed E-state index contributed by atoms with van der Waals surface area (Å²) in [6, 6.07) is 11.0. The number of hydrogen-bond acceptors (Lipinski definition) is 5. The molecule has 4 aromatic rings. The van der Waals surface area contributed by atoms with E-state index >= 15 is 0 Å². The van der Waals surface area contributed by atoms with E-state index in [0.29, 0.717) is 27.8 Å². The summed E-state index contributed by atoms with van der Waals surface area (Å²) in [6.45, 7) is 0. The first-order valence-corrected chi connectivity index (χ1v) is 8.76. The molecule has 0 aliphatic heterocycles. The van der Waals surface area contributed by atoms with Crippen LogP contribution in [0.1, 0.15) is 21.9 Å². The van der Waals surface area contributed by atoms with Gasteiger partial charge in [-0.3, -0.25) is 9.78 Å². The van der Waals surface area contributed by atoms with Crippen LogP contribution in [0.25, 0.3) is 22.0 Å². The Hall–Kier alpha value is -3.88. The first-order valence-electron chi connectivity index (χ1n) is 8.76. The monoisotopic (exact) mass is 410 g/mol. The van der Waals surface area contributed by atoms with Gasteiger partial charge >= 0.3 is 6.18 Å². The van der Waals surface area contributed by atoms with E-state index in [1.807, 2.05) is 0 Å². The van der Waals surface area contributed by atoms with Crippen LogP contribution in [0.3, 0.4) is 0 Å². The number of carbonyl (C=O) groups excluding carboxylic acids is 1. The molecule has 5 rings (SSSR count). The highest BCUT2D eigenvalue weighted by Gasteiger charge is 2.38. The molecule has 0 spiro atoms. The first-order chi connectivity index (χ1) is 14.3. The lowest BCUT2D eigenvalue weighted by molar-refractivity contribution is -0.145. The van der Waals surface area contributed by atoms with Crippen molar-refractivity contribution >= 4 is 28.1 Å². The molecular formula is C21H10F4N4O. The van der Waals surface area contributed by atoms with Gasteiger partial charge in [-0.15, -0.1) is 0 Å². The van der Waals surface area contributed by atoms with Crippen LogP contribution in [0.5, 0.6) is 0 Å². The summed E-state index contributed by atoms with van der Waals surface area (Å²) in [4.78, 5) is 23.8. The third-order valence-corrected chi connectivity index (χ3v) is 4.77. The summed E-state index contributed by atoms with van der Waals surface area (Å²) in [6.07, 6.45) is -2.40. The Bertz CT molecular complexity index is 1330. The van der Waals surface area contributed by atoms with Crippen molar-refractivity contribution in [1.82, 2.24) is 15.0 Å². The number of aromatic nitrogens is 3. The van der Waals surface area contributed by atoms with Gasteiger partial charge in [0.25, 0.3) is 0 Å². The zero-order valence-corrected chi connectivity index (χ0v) is 15.0. The Labute approximate surface area is 166 Å². The summed E-state index contributed by atoms with van der Waals surface area (Å²) >= 11 is 0. The SMILES string of the molecule is O=C1c2cnc3ccc(Nc4ccc(F)cc4)cc3c2-c2cnc(C(F)(F)F)nc21. The standard InChI is InChI=1S/C21H10F4N4O/c22-10-1-3-11(4-2-10)28-12-5-6-16-13(7-12)17-14-8-27-20(21(23,24)25)29-18(14)19(30)15(17)9-26-16/h1-9,28H. The van der Waals surface area contributed by atoms with Crippen molar-refractivity contribution in [2.24, 2.45) is 0 Å². The number of pyridine rings is 1. The van der Waals surface area contributed by atoms with Crippen molar-refractivity contribution < 1.29 is 22.4 Å². The molecule has 0 atom stereocenters. The van der Waals surface area contributed by atoms with E-state index in [4.69, 9.17) is 0 Å². The molecule has 5 nitrogen and oxygen atoms in total. The van der Waals surface area contributed by atoms with Crippen LogP contribution in [-0.4, -0.2) is 20.7 Å². The van der Waals surface area contributed by atoms with Crippen LogP contribution in [0.4, 0.5) is 28.9 Å². The molecule has 1 aliphatic rings. The maximum absolute atomic E-state index is 13.1. The largest absolute Gasteiger partial charge is 0.451 e. The minimum atomic E-state index is -4.75. The molecule has 0 bridgehead atoms. The Morgan fingerprint density at radius 1 is 0.867 bits per heavy atom. The summed E-state index contributed by atoms with van der Waals surface area (Å²) in [5, 5.41) is 3.68. The molecule has 0 amide bonds. The van der Waals surface area contributed by atoms with Gasteiger partial charge in [0, 0.05) is 40.3 Å². The summed E-state index contributed by atoms with van der Waals surface area (Å²) in [7, 11) is 0. The van der Waals surface area contributed by atoms with Crippen molar-refractivity contribution in [1.29, 1.82) is 0 Å². The third kappa shape index (κ3) is 2.86. The van der Waals surface area contributed by atoms with E-state index in [1.165, 1.54) is 18.3 Å². The number of carbonyl (C=O) groups is 1. The maximum Gasteiger partial charge on any atom is 0.451 e. The fourth-order valence-corrected chi connectivity index (χ4v) is 3.43. The summed E-state index contributed by atoms with van der Waals surface area (Å²) < 4.78 is 52.0. The molecule has 1 aliphatic carbocycles. The van der Waals surface area contributed by atoms with Crippen molar-refractivity contribution in [2.45, 2.75) is 6.18 Å². The molecule has 0 fully saturated rings. The minimum absolute atomic E-state index is 0.171. The molecule has 0 radical (unpaired) electrons. The van der Waals surface area contributed by atoms with E-state index < -0.39 is 17.8 Å². The zero-order valence-electron chi connectivity index (χ0n) is 15.0. The number of halogens is 4. The Balaban J connectivity index is 1.65. The minimum Gasteiger partial charge on any atom is -0.356 e. The van der Waals surface area contributed by atoms with Crippen molar-refractivity contribution in [3.8, 4) is 11.1 Å². The molecule has 30 heavy (non-hydrogen) atoms. The molecule has 2 heterocycles. The molecule has 1 N–H and O–H groups in total. The first kappa shape index (κ1) is 18.2. The lowest BCUT2D eigenvalue weighted by Gasteiger charge is -2.10. The number of ketones is 1. The molecule has 148 valence electrons. The lowest BCUT2D eigenvalue weighted by atomic mass is 10.0. The molecule has 2 aromatic heterocycles. The van der Waals surface area contributed by atoms with E-state index in [1.54, 1.807) is 30.3 Å². The number of hydrogen-bond donors (Lipinski definition) is 1. The van der Waals surface area contributed by atoms with Gasteiger partial charge in [0.1, 0.15) is 11.5 Å². The molecule has 9 heteroatoms. The smallest absolute Gasteiger partial charge is 0.356 e. The number of alkyl halides is 3. The molecule has 0 saturated heterocycles. The molecular weight excluding hydrogens is 400 g/mol. The van der Waals surface area contributed by atoms with E-state index in [9.17, 15) is 22.4 Å².